The van der Waals surface area contributed by atoms with E-state index in [9.17, 15) is 4.79 Å². The van der Waals surface area contributed by atoms with Gasteiger partial charge in [-0.05, 0) is 19.8 Å². The lowest BCUT2D eigenvalue weighted by atomic mass is 10.0. The minimum Gasteiger partial charge on any atom is -0.478 e. The zero-order valence-corrected chi connectivity index (χ0v) is 20.4. The smallest absolute Gasteiger partial charge is 0.331 e. The van der Waals surface area contributed by atoms with Crippen molar-refractivity contribution in [3.8, 4) is 0 Å². The van der Waals surface area contributed by atoms with Crippen LogP contribution in [0.1, 0.15) is 149 Å². The van der Waals surface area contributed by atoms with Gasteiger partial charge in [-0.15, -0.1) is 0 Å². The Bertz CT molecular complexity index is 422. The molecule has 0 aliphatic rings. The lowest BCUT2D eigenvalue weighted by Gasteiger charge is -2.04. The molecular weight excluding hydrogens is 368 g/mol. The van der Waals surface area contributed by atoms with E-state index < -0.39 is 5.97 Å². The fourth-order valence-corrected chi connectivity index (χ4v) is 3.90. The van der Waals surface area contributed by atoms with E-state index in [0.717, 1.165) is 6.42 Å². The maximum absolute atomic E-state index is 10.7. The van der Waals surface area contributed by atoms with Gasteiger partial charge in [0.1, 0.15) is 0 Å². The van der Waals surface area contributed by atoms with Crippen LogP contribution < -0.4 is 0 Å². The van der Waals surface area contributed by atoms with Crippen molar-refractivity contribution in [2.45, 2.75) is 149 Å². The Labute approximate surface area is 188 Å². The van der Waals surface area contributed by atoms with Crippen LogP contribution in [0.25, 0.3) is 0 Å². The highest BCUT2D eigenvalue weighted by molar-refractivity contribution is 5.86. The number of unbranched alkanes of at least 4 members (excludes halogenated alkanes) is 20. The van der Waals surface area contributed by atoms with Crippen molar-refractivity contribution < 1.29 is 9.90 Å². The molecule has 0 unspecified atom stereocenters. The predicted molar refractivity (Wildman–Crippen MR) is 133 cm³/mol. The molecule has 0 saturated carbocycles. The zero-order valence-electron chi connectivity index (χ0n) is 20.4. The molecule has 0 aliphatic carbocycles. The molecule has 0 spiro atoms. The molecule has 0 heterocycles. The lowest BCUT2D eigenvalue weighted by Crippen LogP contribution is -1.94. The first kappa shape index (κ1) is 28.9. The third-order valence-electron chi connectivity index (χ3n) is 6.04. The average molecular weight is 421 g/mol. The van der Waals surface area contributed by atoms with Crippen molar-refractivity contribution in [3.05, 3.63) is 23.8 Å². The Morgan fingerprint density at radius 3 is 1.27 bits per heavy atom. The summed E-state index contributed by atoms with van der Waals surface area (Å²) in [6, 6.07) is 0. The number of aliphatic carboxylic acids is 1. The number of hydrogen-bond donors (Lipinski definition) is 1. The molecule has 2 nitrogen and oxygen atoms in total. The molecule has 0 aliphatic heterocycles. The van der Waals surface area contributed by atoms with Crippen molar-refractivity contribution in [2.75, 3.05) is 0 Å². The number of carbonyl (C=O) groups is 1. The molecule has 0 aromatic heterocycles. The van der Waals surface area contributed by atoms with Crippen molar-refractivity contribution in [2.24, 2.45) is 0 Å². The number of hydrogen-bond acceptors (Lipinski definition) is 1. The molecule has 30 heavy (non-hydrogen) atoms. The van der Waals surface area contributed by atoms with Gasteiger partial charge in [-0.3, -0.25) is 0 Å². The molecule has 176 valence electrons. The Hall–Kier alpha value is -1.05. The Balaban J connectivity index is 3.14. The van der Waals surface area contributed by atoms with Crippen LogP contribution in [0.15, 0.2) is 23.8 Å². The highest BCUT2D eigenvalue weighted by Crippen LogP contribution is 2.15. The van der Waals surface area contributed by atoms with Crippen LogP contribution in [0.3, 0.4) is 0 Å². The normalized spacial score (nSPS) is 12.1. The average Bonchev–Trinajstić information content (AvgIpc) is 2.74. The van der Waals surface area contributed by atoms with Gasteiger partial charge >= 0.3 is 5.97 Å². The van der Waals surface area contributed by atoms with E-state index in [1.165, 1.54) is 128 Å². The van der Waals surface area contributed by atoms with Crippen molar-refractivity contribution in [3.63, 3.8) is 0 Å². The van der Waals surface area contributed by atoms with Gasteiger partial charge in [0.2, 0.25) is 0 Å². The zero-order chi connectivity index (χ0) is 22.1. The van der Waals surface area contributed by atoms with Gasteiger partial charge in [0.05, 0.1) is 0 Å². The third kappa shape index (κ3) is 23.2. The van der Waals surface area contributed by atoms with E-state index in [4.69, 9.17) is 5.11 Å². The standard InChI is InChI=1S/C28H52O2/c1-3-4-5-6-7-8-9-10-11-12-13-14-15-16-17-18-19-20-21-22-23-24-25-26-27(2)28(29)30/h24-26H,3-23H2,1-2H3,(H,29,30). The molecule has 0 atom stereocenters. The van der Waals surface area contributed by atoms with Gasteiger partial charge < -0.3 is 5.11 Å². The van der Waals surface area contributed by atoms with Crippen LogP contribution in [-0.2, 0) is 4.79 Å². The molecule has 1 N–H and O–H groups in total. The maximum atomic E-state index is 10.7. The first-order valence-corrected chi connectivity index (χ1v) is 13.2. The fraction of sp³-hybridized carbons (Fsp3) is 0.821. The minimum atomic E-state index is -0.835. The summed E-state index contributed by atoms with van der Waals surface area (Å²) < 4.78 is 0. The lowest BCUT2D eigenvalue weighted by molar-refractivity contribution is -0.132. The number of carboxylic acids is 1. The molecule has 0 bridgehead atoms. The van der Waals surface area contributed by atoms with E-state index in [1.54, 1.807) is 13.0 Å². The molecule has 0 rings (SSSR count). The molecular formula is C28H52O2. The number of rotatable bonds is 23. The van der Waals surface area contributed by atoms with Gasteiger partial charge in [-0.25, -0.2) is 4.79 Å². The quantitative estimate of drug-likeness (QED) is 0.101. The van der Waals surface area contributed by atoms with Crippen LogP contribution in [0.4, 0.5) is 0 Å². The molecule has 0 saturated heterocycles. The summed E-state index contributed by atoms with van der Waals surface area (Å²) in [4.78, 5) is 10.7. The van der Waals surface area contributed by atoms with E-state index in [1.807, 2.05) is 6.08 Å². The van der Waals surface area contributed by atoms with Crippen LogP contribution in [0, 0.1) is 0 Å². The molecule has 0 aromatic carbocycles. The second kappa shape index (κ2) is 24.2. The van der Waals surface area contributed by atoms with Crippen molar-refractivity contribution in [1.29, 1.82) is 0 Å². The molecule has 2 heteroatoms. The second-order valence-electron chi connectivity index (χ2n) is 9.09. The largest absolute Gasteiger partial charge is 0.478 e. The number of carboxylic acid groups (broad SMARTS) is 1. The van der Waals surface area contributed by atoms with E-state index >= 15 is 0 Å². The predicted octanol–water partition coefficient (Wildman–Crippen LogP) is 9.79. The minimum absolute atomic E-state index is 0.398. The van der Waals surface area contributed by atoms with Crippen LogP contribution in [0.2, 0.25) is 0 Å². The molecule has 0 fully saturated rings. The van der Waals surface area contributed by atoms with Gasteiger partial charge in [-0.2, -0.15) is 0 Å². The van der Waals surface area contributed by atoms with E-state index in [-0.39, 0.29) is 0 Å². The fourth-order valence-electron chi connectivity index (χ4n) is 3.90. The summed E-state index contributed by atoms with van der Waals surface area (Å²) in [7, 11) is 0. The van der Waals surface area contributed by atoms with Gasteiger partial charge in [-0.1, -0.05) is 147 Å². The summed E-state index contributed by atoms with van der Waals surface area (Å²) in [5.41, 5.74) is 0.398. The number of allylic oxidation sites excluding steroid dienone is 3. The molecule has 0 radical (unpaired) electrons. The molecule has 0 amide bonds. The first-order valence-electron chi connectivity index (χ1n) is 13.2. The Kier molecular flexibility index (Phi) is 23.4. The SMILES string of the molecule is CCCCCCCCCCCCCCCCCCCCCCC=CC=C(C)C(=O)O. The first-order chi connectivity index (χ1) is 14.7. The summed E-state index contributed by atoms with van der Waals surface area (Å²) >= 11 is 0. The summed E-state index contributed by atoms with van der Waals surface area (Å²) in [6.07, 6.45) is 34.9. The van der Waals surface area contributed by atoms with E-state index in [0.29, 0.717) is 5.57 Å². The van der Waals surface area contributed by atoms with Gasteiger partial charge in [0.15, 0.2) is 0 Å². The third-order valence-corrected chi connectivity index (χ3v) is 6.04. The van der Waals surface area contributed by atoms with Crippen molar-refractivity contribution in [1.82, 2.24) is 0 Å². The summed E-state index contributed by atoms with van der Waals surface area (Å²) in [5.74, 6) is -0.835. The topological polar surface area (TPSA) is 37.3 Å². The Morgan fingerprint density at radius 2 is 0.933 bits per heavy atom. The Morgan fingerprint density at radius 1 is 0.600 bits per heavy atom. The second-order valence-corrected chi connectivity index (χ2v) is 9.09. The van der Waals surface area contributed by atoms with E-state index in [2.05, 4.69) is 13.0 Å². The van der Waals surface area contributed by atoms with Gasteiger partial charge in [0, 0.05) is 5.57 Å². The van der Waals surface area contributed by atoms with Gasteiger partial charge in [0.25, 0.3) is 0 Å². The van der Waals surface area contributed by atoms with Crippen LogP contribution in [-0.4, -0.2) is 11.1 Å². The van der Waals surface area contributed by atoms with Crippen molar-refractivity contribution >= 4 is 5.97 Å². The highest BCUT2D eigenvalue weighted by atomic mass is 16.4. The van der Waals surface area contributed by atoms with Crippen LogP contribution in [0.5, 0.6) is 0 Å². The molecule has 0 aromatic rings. The maximum Gasteiger partial charge on any atom is 0.331 e. The summed E-state index contributed by atoms with van der Waals surface area (Å²) in [6.45, 7) is 3.92. The highest BCUT2D eigenvalue weighted by Gasteiger charge is 1.96. The monoisotopic (exact) mass is 420 g/mol. The van der Waals surface area contributed by atoms with Crippen LogP contribution >= 0.6 is 0 Å². The summed E-state index contributed by atoms with van der Waals surface area (Å²) in [5, 5.41) is 8.76.